The van der Waals surface area contributed by atoms with Crippen molar-refractivity contribution in [2.75, 3.05) is 31.2 Å². The fourth-order valence-electron chi connectivity index (χ4n) is 5.27. The first-order valence-electron chi connectivity index (χ1n) is 12.1. The summed E-state index contributed by atoms with van der Waals surface area (Å²) >= 11 is 6.38. The van der Waals surface area contributed by atoms with E-state index in [1.807, 2.05) is 41.3 Å². The van der Waals surface area contributed by atoms with Crippen LogP contribution >= 0.6 is 11.6 Å². The van der Waals surface area contributed by atoms with Gasteiger partial charge in [-0.2, -0.15) is 0 Å². The minimum absolute atomic E-state index is 0.0776. The van der Waals surface area contributed by atoms with Crippen molar-refractivity contribution in [3.8, 4) is 0 Å². The molecule has 0 radical (unpaired) electrons. The van der Waals surface area contributed by atoms with Gasteiger partial charge in [-0.05, 0) is 49.6 Å². The van der Waals surface area contributed by atoms with E-state index in [1.54, 1.807) is 24.3 Å². The van der Waals surface area contributed by atoms with Crippen molar-refractivity contribution in [3.63, 3.8) is 0 Å². The van der Waals surface area contributed by atoms with Gasteiger partial charge in [-0.25, -0.2) is 5.01 Å². The number of hydrogen-bond donors (Lipinski definition) is 1. The largest absolute Gasteiger partial charge is 0.336 e. The van der Waals surface area contributed by atoms with E-state index in [0.717, 1.165) is 23.7 Å². The average molecular weight is 493 g/mol. The Morgan fingerprint density at radius 1 is 0.971 bits per heavy atom. The van der Waals surface area contributed by atoms with Gasteiger partial charge in [0, 0.05) is 42.8 Å². The highest BCUT2D eigenvalue weighted by Crippen LogP contribution is 2.33. The zero-order valence-corrected chi connectivity index (χ0v) is 20.4. The van der Waals surface area contributed by atoms with E-state index < -0.39 is 0 Å². The third-order valence-corrected chi connectivity index (χ3v) is 7.73. The summed E-state index contributed by atoms with van der Waals surface area (Å²) in [6.07, 6.45) is 5.05. The Labute approximate surface area is 210 Å². The second-order valence-electron chi connectivity index (χ2n) is 9.38. The maximum atomic E-state index is 13.3. The van der Waals surface area contributed by atoms with Crippen LogP contribution in [0.5, 0.6) is 0 Å². The first-order chi connectivity index (χ1) is 16.9. The minimum Gasteiger partial charge on any atom is -0.336 e. The molecule has 35 heavy (non-hydrogen) atoms. The van der Waals surface area contributed by atoms with Gasteiger partial charge >= 0.3 is 0 Å². The molecule has 8 heteroatoms. The number of hydrazine groups is 1. The van der Waals surface area contributed by atoms with Gasteiger partial charge in [-0.1, -0.05) is 48.0 Å². The summed E-state index contributed by atoms with van der Waals surface area (Å²) in [6.45, 7) is 4.84. The summed E-state index contributed by atoms with van der Waals surface area (Å²) in [6, 6.07) is 15.0. The molecule has 2 aliphatic heterocycles. The lowest BCUT2D eigenvalue weighted by molar-refractivity contribution is -0.139. The predicted molar refractivity (Wildman–Crippen MR) is 135 cm³/mol. The molecule has 2 aromatic carbocycles. The molecule has 2 heterocycles. The van der Waals surface area contributed by atoms with Gasteiger partial charge in [0.2, 0.25) is 11.8 Å². The second kappa shape index (κ2) is 9.84. The topological polar surface area (TPSA) is 73.0 Å². The van der Waals surface area contributed by atoms with Crippen LogP contribution in [0.4, 0.5) is 5.69 Å². The van der Waals surface area contributed by atoms with Crippen LogP contribution in [0.25, 0.3) is 0 Å². The molecule has 3 amide bonds. The van der Waals surface area contributed by atoms with Crippen LogP contribution in [-0.4, -0.2) is 53.7 Å². The van der Waals surface area contributed by atoms with Gasteiger partial charge in [0.1, 0.15) is 0 Å². The lowest BCUT2D eigenvalue weighted by atomic mass is 9.80. The molecule has 5 rings (SSSR count). The van der Waals surface area contributed by atoms with Crippen molar-refractivity contribution in [1.82, 2.24) is 15.2 Å². The first-order valence-corrected chi connectivity index (χ1v) is 12.5. The Morgan fingerprint density at radius 2 is 1.69 bits per heavy atom. The van der Waals surface area contributed by atoms with Crippen molar-refractivity contribution in [2.24, 2.45) is 11.8 Å². The maximum absolute atomic E-state index is 13.3. The number of rotatable bonds is 4. The third-order valence-electron chi connectivity index (χ3n) is 7.38. The lowest BCUT2D eigenvalue weighted by Gasteiger charge is -2.39. The quantitative estimate of drug-likeness (QED) is 0.658. The van der Waals surface area contributed by atoms with Crippen molar-refractivity contribution >= 4 is 35.0 Å². The van der Waals surface area contributed by atoms with E-state index in [4.69, 9.17) is 11.6 Å². The molecule has 2 saturated heterocycles. The van der Waals surface area contributed by atoms with Gasteiger partial charge in [0.05, 0.1) is 17.5 Å². The molecule has 0 bridgehead atoms. The summed E-state index contributed by atoms with van der Waals surface area (Å²) in [5, 5.41) is 2.06. The summed E-state index contributed by atoms with van der Waals surface area (Å²) in [5.74, 6) is -1.05. The highest BCUT2D eigenvalue weighted by atomic mass is 35.5. The van der Waals surface area contributed by atoms with Crippen LogP contribution in [0, 0.1) is 11.8 Å². The van der Waals surface area contributed by atoms with Crippen LogP contribution in [0.2, 0.25) is 5.02 Å². The number of hydrogen-bond acceptors (Lipinski definition) is 4. The van der Waals surface area contributed by atoms with Crippen molar-refractivity contribution in [1.29, 1.82) is 0 Å². The van der Waals surface area contributed by atoms with E-state index in [2.05, 4.69) is 17.2 Å². The van der Waals surface area contributed by atoms with Crippen LogP contribution in [-0.2, 0) is 9.59 Å². The normalized spacial score (nSPS) is 23.6. The molecule has 182 valence electrons. The fraction of sp³-hybridized carbons (Fsp3) is 0.370. The average Bonchev–Trinajstić information content (AvgIpc) is 2.90. The SMILES string of the molecule is CC(c1ccccc1Cl)N1CCN(C(=O)c2cccc(N3NC(=O)C4CC=CCC4C3=O)c2)CC1. The molecule has 7 nitrogen and oxygen atoms in total. The van der Waals surface area contributed by atoms with Crippen molar-refractivity contribution in [3.05, 3.63) is 76.8 Å². The fourth-order valence-corrected chi connectivity index (χ4v) is 5.56. The number of fused-ring (bicyclic) bond motifs is 1. The maximum Gasteiger partial charge on any atom is 0.254 e. The number of anilines is 1. The Hall–Kier alpha value is -3.16. The molecular formula is C27H29ClN4O3. The molecule has 0 spiro atoms. The number of nitrogens with one attached hydrogen (secondary N) is 1. The van der Waals surface area contributed by atoms with Crippen LogP contribution in [0.1, 0.15) is 41.7 Å². The number of amides is 3. The number of carbonyl (C=O) groups excluding carboxylic acids is 3. The van der Waals surface area contributed by atoms with Crippen molar-refractivity contribution in [2.45, 2.75) is 25.8 Å². The predicted octanol–water partition coefficient (Wildman–Crippen LogP) is 3.82. The molecule has 3 atom stereocenters. The van der Waals surface area contributed by atoms with Crippen LogP contribution in [0.3, 0.4) is 0 Å². The number of halogens is 1. The minimum atomic E-state index is -0.360. The highest BCUT2D eigenvalue weighted by Gasteiger charge is 2.42. The zero-order chi connectivity index (χ0) is 24.5. The van der Waals surface area contributed by atoms with Crippen LogP contribution in [0.15, 0.2) is 60.7 Å². The van der Waals surface area contributed by atoms with Crippen LogP contribution < -0.4 is 10.4 Å². The lowest BCUT2D eigenvalue weighted by Crippen LogP contribution is -2.59. The number of allylic oxidation sites excluding steroid dienone is 2. The molecule has 1 aliphatic carbocycles. The Bertz CT molecular complexity index is 1170. The standard InChI is InChI=1S/C27H29ClN4O3/c1-18(21-9-4-5-12-24(21)28)30-13-15-31(16-14-30)26(34)19-7-6-8-20(17-19)32-27(35)23-11-3-2-10-22(23)25(33)29-32/h2-9,12,17-18,22-23H,10-11,13-16H2,1H3,(H,29,33). The second-order valence-corrected chi connectivity index (χ2v) is 9.79. The van der Waals surface area contributed by atoms with Crippen molar-refractivity contribution < 1.29 is 14.4 Å². The number of piperazine rings is 1. The molecule has 3 unspecified atom stereocenters. The van der Waals surface area contributed by atoms with Gasteiger partial charge in [-0.3, -0.25) is 24.7 Å². The van der Waals surface area contributed by atoms with E-state index in [9.17, 15) is 14.4 Å². The van der Waals surface area contributed by atoms with E-state index in [0.29, 0.717) is 37.2 Å². The van der Waals surface area contributed by atoms with Gasteiger partial charge in [0.25, 0.3) is 5.91 Å². The van der Waals surface area contributed by atoms with Gasteiger partial charge in [0.15, 0.2) is 0 Å². The zero-order valence-electron chi connectivity index (χ0n) is 19.7. The molecular weight excluding hydrogens is 464 g/mol. The first kappa shape index (κ1) is 23.6. The van der Waals surface area contributed by atoms with Gasteiger partial charge < -0.3 is 4.90 Å². The number of nitrogens with zero attached hydrogens (tertiary/aromatic N) is 3. The molecule has 0 aromatic heterocycles. The number of benzene rings is 2. The Kier molecular flexibility index (Phi) is 6.62. The monoisotopic (exact) mass is 492 g/mol. The molecule has 1 N–H and O–H groups in total. The molecule has 3 aliphatic rings. The van der Waals surface area contributed by atoms with E-state index in [-0.39, 0.29) is 35.6 Å². The third kappa shape index (κ3) is 4.58. The smallest absolute Gasteiger partial charge is 0.254 e. The van der Waals surface area contributed by atoms with Gasteiger partial charge in [-0.15, -0.1) is 0 Å². The Morgan fingerprint density at radius 3 is 2.43 bits per heavy atom. The number of carbonyl (C=O) groups is 3. The van der Waals surface area contributed by atoms with E-state index >= 15 is 0 Å². The highest BCUT2D eigenvalue weighted by molar-refractivity contribution is 6.31. The van der Waals surface area contributed by atoms with E-state index in [1.165, 1.54) is 5.01 Å². The Balaban J connectivity index is 1.26. The summed E-state index contributed by atoms with van der Waals surface area (Å²) in [4.78, 5) is 43.2. The molecule has 2 fully saturated rings. The summed E-state index contributed by atoms with van der Waals surface area (Å²) in [7, 11) is 0. The summed E-state index contributed by atoms with van der Waals surface area (Å²) in [5.41, 5.74) is 4.83. The molecule has 0 saturated carbocycles. The molecule has 2 aromatic rings. The summed E-state index contributed by atoms with van der Waals surface area (Å²) < 4.78 is 0.